The lowest BCUT2D eigenvalue weighted by Crippen LogP contribution is -2.54. The Balaban J connectivity index is 1.70. The highest BCUT2D eigenvalue weighted by atomic mass is 35.5. The van der Waals surface area contributed by atoms with Gasteiger partial charge in [-0.3, -0.25) is 14.6 Å². The van der Waals surface area contributed by atoms with Gasteiger partial charge in [-0.2, -0.15) is 0 Å². The maximum Gasteiger partial charge on any atom is 0.347 e. The van der Waals surface area contributed by atoms with E-state index in [1.807, 2.05) is 0 Å². The van der Waals surface area contributed by atoms with Gasteiger partial charge in [-0.15, -0.1) is 11.8 Å². The molecule has 2 atom stereocenters. The van der Waals surface area contributed by atoms with Crippen LogP contribution in [-0.4, -0.2) is 51.6 Å². The number of amides is 1. The maximum atomic E-state index is 12.5. The molecule has 1 aliphatic heterocycles. The first-order valence-electron chi connectivity index (χ1n) is 9.56. The Morgan fingerprint density at radius 3 is 2.62 bits per heavy atom. The minimum absolute atomic E-state index is 0.00198. The average Bonchev–Trinajstić information content (AvgIpc) is 2.76. The molecule has 2 aromatic rings. The molecule has 1 amide bonds. The molecule has 34 heavy (non-hydrogen) atoms. The first-order chi connectivity index (χ1) is 16.0. The molecule has 2 N–H and O–H groups in total. The minimum Gasteiger partial charge on any atom is -0.548 e. The van der Waals surface area contributed by atoms with Gasteiger partial charge in [-0.25, -0.2) is 4.79 Å². The van der Waals surface area contributed by atoms with Gasteiger partial charge >= 0.3 is 5.63 Å². The lowest BCUT2D eigenvalue weighted by molar-refractivity contribution is -0.308. The number of ketones is 1. The Morgan fingerprint density at radius 1 is 1.26 bits per heavy atom. The molecule has 3 rings (SSSR count). The Morgan fingerprint density at radius 2 is 1.97 bits per heavy atom. The number of fused-ring (bicyclic) bond motifs is 1. The second kappa shape index (κ2) is 10.1. The van der Waals surface area contributed by atoms with Gasteiger partial charge in [0, 0.05) is 30.0 Å². The standard InChI is InChI=1S/C21H17ClN2O9S/c1-8-7-34-18(24-16(8)19(28)29)17(20(30)31)23-15(27)3-2-12(25)10-4-9-5-11(22)13(26)6-14(9)33-21(10)32/h4-6,17-18,26H,1-3,7H2,(H,23,27)(H,28,29)(H,30,31)/p-2. The van der Waals surface area contributed by atoms with Crippen molar-refractivity contribution in [2.45, 2.75) is 24.3 Å². The maximum absolute atomic E-state index is 12.5. The van der Waals surface area contributed by atoms with Gasteiger partial charge < -0.3 is 34.6 Å². The molecule has 0 spiro atoms. The summed E-state index contributed by atoms with van der Waals surface area (Å²) in [5.41, 5.74) is -1.71. The normalized spacial score (nSPS) is 16.6. The fourth-order valence-electron chi connectivity index (χ4n) is 3.05. The van der Waals surface area contributed by atoms with Gasteiger partial charge in [0.05, 0.1) is 22.7 Å². The molecular formula is C21H15ClN2O9S-2. The topological polar surface area (TPSA) is 189 Å². The van der Waals surface area contributed by atoms with Crippen LogP contribution in [0.25, 0.3) is 11.0 Å². The number of carboxylic acid groups (broad SMARTS) is 2. The van der Waals surface area contributed by atoms with Crippen molar-refractivity contribution in [1.82, 2.24) is 5.32 Å². The summed E-state index contributed by atoms with van der Waals surface area (Å²) in [6.07, 6.45) is -0.951. The molecule has 13 heteroatoms. The Bertz CT molecular complexity index is 1320. The lowest BCUT2D eigenvalue weighted by Gasteiger charge is -2.30. The van der Waals surface area contributed by atoms with Crippen LogP contribution in [0.15, 0.2) is 44.6 Å². The number of nitrogens with one attached hydrogen (secondary N) is 1. The molecular weight excluding hydrogens is 492 g/mol. The molecule has 1 aliphatic rings. The van der Waals surface area contributed by atoms with Crippen LogP contribution in [0.3, 0.4) is 0 Å². The number of phenols is 1. The van der Waals surface area contributed by atoms with E-state index in [2.05, 4.69) is 16.9 Å². The Labute approximate surface area is 200 Å². The number of carbonyl (C=O) groups is 4. The largest absolute Gasteiger partial charge is 0.548 e. The second-order valence-electron chi connectivity index (χ2n) is 7.15. The van der Waals surface area contributed by atoms with Crippen LogP contribution >= 0.6 is 23.4 Å². The van der Waals surface area contributed by atoms with E-state index in [-0.39, 0.29) is 38.6 Å². The summed E-state index contributed by atoms with van der Waals surface area (Å²) in [5, 5.41) is 33.4. The number of benzene rings is 1. The molecule has 2 heterocycles. The number of aromatic hydroxyl groups is 1. The van der Waals surface area contributed by atoms with Crippen molar-refractivity contribution in [2.75, 3.05) is 5.75 Å². The number of carboxylic acids is 2. The van der Waals surface area contributed by atoms with Crippen molar-refractivity contribution >= 4 is 63.7 Å². The molecule has 11 nitrogen and oxygen atoms in total. The Kier molecular flexibility index (Phi) is 7.42. The van der Waals surface area contributed by atoms with Gasteiger partial charge in [0.2, 0.25) is 5.91 Å². The van der Waals surface area contributed by atoms with Crippen LogP contribution < -0.4 is 21.2 Å². The number of halogens is 1. The summed E-state index contributed by atoms with van der Waals surface area (Å²) in [6.45, 7) is 3.52. The fourth-order valence-corrected chi connectivity index (χ4v) is 4.29. The van der Waals surface area contributed by atoms with E-state index >= 15 is 0 Å². The molecule has 0 saturated carbocycles. The number of phenolic OH excluding ortho intramolecular Hbond substituents is 1. The van der Waals surface area contributed by atoms with Crippen LogP contribution in [0.5, 0.6) is 5.75 Å². The molecule has 2 unspecified atom stereocenters. The number of Topliss-reactive ketones (excluding diaryl/α,β-unsaturated/α-hetero) is 1. The highest BCUT2D eigenvalue weighted by Gasteiger charge is 2.29. The van der Waals surface area contributed by atoms with Crippen molar-refractivity contribution in [3.63, 3.8) is 0 Å². The Hall–Kier alpha value is -3.64. The number of hydrogen-bond acceptors (Lipinski definition) is 11. The van der Waals surface area contributed by atoms with E-state index in [1.165, 1.54) is 12.1 Å². The number of thioether (sulfide) groups is 1. The summed E-state index contributed by atoms with van der Waals surface area (Å²) in [6, 6.07) is 1.93. The summed E-state index contributed by atoms with van der Waals surface area (Å²) in [5.74, 6) is -5.21. The lowest BCUT2D eigenvalue weighted by atomic mass is 10.1. The molecule has 0 radical (unpaired) electrons. The number of nitrogens with zero attached hydrogens (tertiary/aromatic N) is 1. The third kappa shape index (κ3) is 5.46. The van der Waals surface area contributed by atoms with Crippen LogP contribution in [-0.2, 0) is 14.4 Å². The first-order valence-corrected chi connectivity index (χ1v) is 11.0. The zero-order valence-electron chi connectivity index (χ0n) is 17.2. The van der Waals surface area contributed by atoms with Crippen LogP contribution in [0.2, 0.25) is 5.02 Å². The predicted octanol–water partition coefficient (Wildman–Crippen LogP) is -0.830. The summed E-state index contributed by atoms with van der Waals surface area (Å²) in [4.78, 5) is 63.3. The smallest absolute Gasteiger partial charge is 0.347 e. The highest BCUT2D eigenvalue weighted by molar-refractivity contribution is 8.00. The van der Waals surface area contributed by atoms with Crippen LogP contribution in [0, 0.1) is 0 Å². The summed E-state index contributed by atoms with van der Waals surface area (Å²) >= 11 is 6.76. The summed E-state index contributed by atoms with van der Waals surface area (Å²) < 4.78 is 5.01. The van der Waals surface area contributed by atoms with Crippen LogP contribution in [0.4, 0.5) is 0 Å². The minimum atomic E-state index is -1.71. The zero-order chi connectivity index (χ0) is 25.2. The van der Waals surface area contributed by atoms with Crippen molar-refractivity contribution in [3.05, 3.63) is 51.4 Å². The monoisotopic (exact) mass is 506 g/mol. The quantitative estimate of drug-likeness (QED) is 0.337. The molecule has 0 aliphatic carbocycles. The number of carbonyl (C=O) groups excluding carboxylic acids is 4. The SMILES string of the molecule is C=C1CSC(C(NC(=O)CCC(=O)c2cc3cc(Cl)c(O)cc3oc2=O)C(=O)[O-])N=C1C(=O)[O-]. The average molecular weight is 507 g/mol. The van der Waals surface area contributed by atoms with Gasteiger partial charge in [0.15, 0.2) is 5.78 Å². The molecule has 0 saturated heterocycles. The van der Waals surface area contributed by atoms with Gasteiger partial charge in [-0.1, -0.05) is 18.2 Å². The van der Waals surface area contributed by atoms with Crippen molar-refractivity contribution in [2.24, 2.45) is 4.99 Å². The van der Waals surface area contributed by atoms with Crippen molar-refractivity contribution in [1.29, 1.82) is 0 Å². The number of aliphatic imine (C=N–C) groups is 1. The predicted molar refractivity (Wildman–Crippen MR) is 117 cm³/mol. The third-order valence-corrected chi connectivity index (χ3v) is 6.29. The second-order valence-corrected chi connectivity index (χ2v) is 8.66. The zero-order valence-corrected chi connectivity index (χ0v) is 18.7. The summed E-state index contributed by atoms with van der Waals surface area (Å²) in [7, 11) is 0. The van der Waals surface area contributed by atoms with E-state index in [4.69, 9.17) is 16.0 Å². The molecule has 178 valence electrons. The van der Waals surface area contributed by atoms with E-state index in [1.54, 1.807) is 0 Å². The van der Waals surface area contributed by atoms with Gasteiger partial charge in [0.25, 0.3) is 0 Å². The molecule has 0 fully saturated rings. The van der Waals surface area contributed by atoms with Crippen LogP contribution in [0.1, 0.15) is 23.2 Å². The van der Waals surface area contributed by atoms with Gasteiger partial charge in [-0.05, 0) is 17.7 Å². The molecule has 0 bridgehead atoms. The number of aliphatic carboxylic acids is 2. The highest BCUT2D eigenvalue weighted by Crippen LogP contribution is 2.29. The van der Waals surface area contributed by atoms with E-state index in [0.717, 1.165) is 17.8 Å². The van der Waals surface area contributed by atoms with E-state index in [9.17, 15) is 39.3 Å². The molecule has 1 aromatic heterocycles. The van der Waals surface area contributed by atoms with Crippen molar-refractivity contribution in [3.8, 4) is 5.75 Å². The number of hydrogen-bond donors (Lipinski definition) is 2. The van der Waals surface area contributed by atoms with Crippen molar-refractivity contribution < 1.29 is 38.9 Å². The van der Waals surface area contributed by atoms with E-state index < -0.39 is 59.2 Å². The number of rotatable bonds is 8. The fraction of sp³-hybridized carbons (Fsp3) is 0.238. The first kappa shape index (κ1) is 25.0. The molecule has 1 aromatic carbocycles. The van der Waals surface area contributed by atoms with Gasteiger partial charge in [0.1, 0.15) is 28.3 Å². The third-order valence-electron chi connectivity index (χ3n) is 4.75. The van der Waals surface area contributed by atoms with E-state index in [0.29, 0.717) is 0 Å².